The Morgan fingerprint density at radius 1 is 1.50 bits per heavy atom. The van der Waals surface area contributed by atoms with Gasteiger partial charge in [0.1, 0.15) is 11.3 Å². The van der Waals surface area contributed by atoms with Gasteiger partial charge in [-0.25, -0.2) is 9.48 Å². The maximum atomic E-state index is 12.1. The third-order valence-electron chi connectivity index (χ3n) is 3.77. The number of hydrogen-bond donors (Lipinski definition) is 2. The SMILES string of the molecule is CC(C)(C)OC(=O)N[C@H]1CNCC[C@@H]1n1cc(-c2cccs2)nn1. The Labute approximate surface area is 145 Å². The lowest BCUT2D eigenvalue weighted by Gasteiger charge is -2.33. The first-order valence-corrected chi connectivity index (χ1v) is 8.96. The van der Waals surface area contributed by atoms with Crippen molar-refractivity contribution in [3.63, 3.8) is 0 Å². The van der Waals surface area contributed by atoms with Gasteiger partial charge in [-0.2, -0.15) is 0 Å². The maximum absolute atomic E-state index is 12.1. The van der Waals surface area contributed by atoms with E-state index in [1.54, 1.807) is 11.3 Å². The van der Waals surface area contributed by atoms with Crippen LogP contribution in [0, 0.1) is 0 Å². The highest BCUT2D eigenvalue weighted by molar-refractivity contribution is 7.13. The molecule has 0 radical (unpaired) electrons. The Morgan fingerprint density at radius 2 is 2.33 bits per heavy atom. The first-order chi connectivity index (χ1) is 11.4. The summed E-state index contributed by atoms with van der Waals surface area (Å²) in [7, 11) is 0. The molecule has 0 unspecified atom stereocenters. The van der Waals surface area contributed by atoms with Crippen molar-refractivity contribution in [1.29, 1.82) is 0 Å². The fourth-order valence-corrected chi connectivity index (χ4v) is 3.42. The third-order valence-corrected chi connectivity index (χ3v) is 4.66. The minimum atomic E-state index is -0.513. The monoisotopic (exact) mass is 349 g/mol. The standard InChI is InChI=1S/C16H23N5O2S/c1-16(2,3)23-15(22)18-11-9-17-7-6-13(11)21-10-12(19-20-21)14-5-4-8-24-14/h4-5,8,10-11,13,17H,6-7,9H2,1-3H3,(H,18,22)/t11-,13-/m0/s1. The summed E-state index contributed by atoms with van der Waals surface area (Å²) < 4.78 is 7.23. The van der Waals surface area contributed by atoms with E-state index in [9.17, 15) is 4.79 Å². The number of carbonyl (C=O) groups excluding carboxylic acids is 1. The second-order valence-electron chi connectivity index (χ2n) is 6.87. The topological polar surface area (TPSA) is 81.1 Å². The second kappa shape index (κ2) is 6.90. The number of nitrogens with one attached hydrogen (secondary N) is 2. The molecule has 0 spiro atoms. The fourth-order valence-electron chi connectivity index (χ4n) is 2.74. The molecule has 0 bridgehead atoms. The molecule has 0 aromatic carbocycles. The zero-order chi connectivity index (χ0) is 17.2. The van der Waals surface area contributed by atoms with E-state index in [1.165, 1.54) is 0 Å². The Kier molecular flexibility index (Phi) is 4.86. The lowest BCUT2D eigenvalue weighted by molar-refractivity contribution is 0.0475. The summed E-state index contributed by atoms with van der Waals surface area (Å²) in [5.41, 5.74) is 0.348. The summed E-state index contributed by atoms with van der Waals surface area (Å²) in [6.07, 6.45) is 2.42. The highest BCUT2D eigenvalue weighted by atomic mass is 32.1. The Bertz CT molecular complexity index is 677. The van der Waals surface area contributed by atoms with Gasteiger partial charge in [-0.15, -0.1) is 16.4 Å². The van der Waals surface area contributed by atoms with Crippen LogP contribution in [0.15, 0.2) is 23.7 Å². The van der Waals surface area contributed by atoms with Crippen molar-refractivity contribution >= 4 is 17.4 Å². The largest absolute Gasteiger partial charge is 0.444 e. The summed E-state index contributed by atoms with van der Waals surface area (Å²) in [4.78, 5) is 13.2. The van der Waals surface area contributed by atoms with Crippen molar-refractivity contribution in [2.45, 2.75) is 44.9 Å². The van der Waals surface area contributed by atoms with Crippen molar-refractivity contribution in [2.75, 3.05) is 13.1 Å². The van der Waals surface area contributed by atoms with E-state index in [4.69, 9.17) is 4.74 Å². The van der Waals surface area contributed by atoms with E-state index in [1.807, 2.05) is 49.2 Å². The normalized spacial score (nSPS) is 21.5. The van der Waals surface area contributed by atoms with Gasteiger partial charge in [-0.05, 0) is 45.2 Å². The Morgan fingerprint density at radius 3 is 3.04 bits per heavy atom. The molecular formula is C16H23N5O2S. The number of ether oxygens (including phenoxy) is 1. The lowest BCUT2D eigenvalue weighted by atomic mass is 10.0. The van der Waals surface area contributed by atoms with E-state index in [-0.39, 0.29) is 12.1 Å². The van der Waals surface area contributed by atoms with Crippen molar-refractivity contribution in [3.05, 3.63) is 23.7 Å². The van der Waals surface area contributed by atoms with Gasteiger partial charge in [0.25, 0.3) is 0 Å². The molecule has 0 saturated carbocycles. The molecule has 1 fully saturated rings. The molecule has 2 N–H and O–H groups in total. The fraction of sp³-hybridized carbons (Fsp3) is 0.562. The van der Waals surface area contributed by atoms with Gasteiger partial charge < -0.3 is 15.4 Å². The van der Waals surface area contributed by atoms with Crippen LogP contribution in [-0.2, 0) is 4.74 Å². The van der Waals surface area contributed by atoms with Crippen LogP contribution in [0.3, 0.4) is 0 Å². The number of rotatable bonds is 3. The minimum Gasteiger partial charge on any atom is -0.444 e. The van der Waals surface area contributed by atoms with Crippen molar-refractivity contribution in [2.24, 2.45) is 0 Å². The van der Waals surface area contributed by atoms with E-state index >= 15 is 0 Å². The van der Waals surface area contributed by atoms with Gasteiger partial charge in [0.15, 0.2) is 0 Å². The van der Waals surface area contributed by atoms with Gasteiger partial charge in [-0.1, -0.05) is 11.3 Å². The summed E-state index contributed by atoms with van der Waals surface area (Å²) in [5, 5.41) is 16.8. The van der Waals surface area contributed by atoms with Crippen LogP contribution in [0.5, 0.6) is 0 Å². The van der Waals surface area contributed by atoms with Gasteiger partial charge in [0.2, 0.25) is 0 Å². The molecule has 3 heterocycles. The van der Waals surface area contributed by atoms with Crippen LogP contribution < -0.4 is 10.6 Å². The molecule has 130 valence electrons. The van der Waals surface area contributed by atoms with Crippen LogP contribution in [0.2, 0.25) is 0 Å². The molecule has 1 aliphatic rings. The molecule has 1 aliphatic heterocycles. The molecule has 24 heavy (non-hydrogen) atoms. The zero-order valence-corrected chi connectivity index (χ0v) is 15.0. The quantitative estimate of drug-likeness (QED) is 0.889. The lowest BCUT2D eigenvalue weighted by Crippen LogP contribution is -2.52. The smallest absolute Gasteiger partial charge is 0.407 e. The number of amides is 1. The molecule has 2 aromatic rings. The van der Waals surface area contributed by atoms with Crippen molar-refractivity contribution in [1.82, 2.24) is 25.6 Å². The third kappa shape index (κ3) is 4.12. The van der Waals surface area contributed by atoms with Gasteiger partial charge >= 0.3 is 6.09 Å². The van der Waals surface area contributed by atoms with Crippen LogP contribution in [-0.4, -0.2) is 45.8 Å². The zero-order valence-electron chi connectivity index (χ0n) is 14.2. The van der Waals surface area contributed by atoms with Crippen molar-refractivity contribution in [3.8, 4) is 10.6 Å². The summed E-state index contributed by atoms with van der Waals surface area (Å²) in [5.74, 6) is 0. The first-order valence-electron chi connectivity index (χ1n) is 8.08. The minimum absolute atomic E-state index is 0.0555. The maximum Gasteiger partial charge on any atom is 0.407 e. The number of piperidine rings is 1. The van der Waals surface area contributed by atoms with E-state index in [0.29, 0.717) is 6.54 Å². The van der Waals surface area contributed by atoms with Crippen LogP contribution in [0.25, 0.3) is 10.6 Å². The number of hydrogen-bond acceptors (Lipinski definition) is 6. The average molecular weight is 349 g/mol. The molecule has 1 amide bonds. The highest BCUT2D eigenvalue weighted by Crippen LogP contribution is 2.25. The van der Waals surface area contributed by atoms with E-state index in [2.05, 4.69) is 20.9 Å². The van der Waals surface area contributed by atoms with Crippen LogP contribution in [0.4, 0.5) is 4.79 Å². The van der Waals surface area contributed by atoms with Crippen LogP contribution in [0.1, 0.15) is 33.2 Å². The number of carbonyl (C=O) groups is 1. The predicted octanol–water partition coefficient (Wildman–Crippen LogP) is 2.43. The molecule has 1 saturated heterocycles. The Hall–Kier alpha value is -1.93. The molecule has 8 heteroatoms. The number of aromatic nitrogens is 3. The summed E-state index contributed by atoms with van der Waals surface area (Å²) in [6.45, 7) is 7.12. The van der Waals surface area contributed by atoms with Gasteiger partial charge in [0.05, 0.1) is 23.2 Å². The summed E-state index contributed by atoms with van der Waals surface area (Å²) >= 11 is 1.64. The van der Waals surface area contributed by atoms with E-state index in [0.717, 1.165) is 23.5 Å². The molecular weight excluding hydrogens is 326 g/mol. The highest BCUT2D eigenvalue weighted by Gasteiger charge is 2.30. The van der Waals surface area contributed by atoms with Gasteiger partial charge in [0, 0.05) is 6.54 Å². The van der Waals surface area contributed by atoms with Crippen molar-refractivity contribution < 1.29 is 9.53 Å². The second-order valence-corrected chi connectivity index (χ2v) is 7.82. The average Bonchev–Trinajstić information content (AvgIpc) is 3.17. The Balaban J connectivity index is 1.71. The summed E-state index contributed by atoms with van der Waals surface area (Å²) in [6, 6.07) is 3.99. The van der Waals surface area contributed by atoms with E-state index < -0.39 is 11.7 Å². The first kappa shape index (κ1) is 16.9. The molecule has 2 atom stereocenters. The molecule has 3 rings (SSSR count). The number of nitrogens with zero attached hydrogens (tertiary/aromatic N) is 3. The molecule has 7 nitrogen and oxygen atoms in total. The number of alkyl carbamates (subject to hydrolysis) is 1. The molecule has 0 aliphatic carbocycles. The van der Waals surface area contributed by atoms with Crippen LogP contribution >= 0.6 is 11.3 Å². The predicted molar refractivity (Wildman–Crippen MR) is 93.0 cm³/mol. The van der Waals surface area contributed by atoms with Gasteiger partial charge in [-0.3, -0.25) is 0 Å². The molecule has 2 aromatic heterocycles. The number of thiophene rings is 1.